The fourth-order valence-electron chi connectivity index (χ4n) is 3.13. The summed E-state index contributed by atoms with van der Waals surface area (Å²) in [6, 6.07) is 11.3. The Morgan fingerprint density at radius 1 is 0.971 bits per heavy atom. The van der Waals surface area contributed by atoms with Crippen molar-refractivity contribution in [1.82, 2.24) is 14.7 Å². The second kappa shape index (κ2) is 11.1. The van der Waals surface area contributed by atoms with Crippen LogP contribution >= 0.6 is 46.4 Å². The molecule has 0 aliphatic heterocycles. The molecule has 0 fully saturated rings. The van der Waals surface area contributed by atoms with E-state index >= 15 is 0 Å². The van der Waals surface area contributed by atoms with Crippen molar-refractivity contribution in [2.75, 3.05) is 23.7 Å². The predicted molar refractivity (Wildman–Crippen MR) is 144 cm³/mol. The van der Waals surface area contributed by atoms with Crippen LogP contribution in [0.5, 0.6) is 0 Å². The Hall–Kier alpha value is -2.45. The van der Waals surface area contributed by atoms with Gasteiger partial charge in [-0.05, 0) is 37.3 Å². The van der Waals surface area contributed by atoms with Gasteiger partial charge >= 0.3 is 6.03 Å². The largest absolute Gasteiger partial charge is 0.322 e. The van der Waals surface area contributed by atoms with Gasteiger partial charge in [0.2, 0.25) is 5.91 Å². The molecule has 35 heavy (non-hydrogen) atoms. The maximum absolute atomic E-state index is 13.0. The second-order valence-electron chi connectivity index (χ2n) is 8.77. The molecule has 1 heterocycles. The van der Waals surface area contributed by atoms with Crippen molar-refractivity contribution in [3.63, 3.8) is 0 Å². The molecule has 3 rings (SSSR count). The lowest BCUT2D eigenvalue weighted by molar-refractivity contribution is -0.116. The van der Waals surface area contributed by atoms with Crippen LogP contribution in [0.2, 0.25) is 20.1 Å². The number of carbonyl (C=O) groups is 2. The van der Waals surface area contributed by atoms with E-state index in [1.165, 1.54) is 4.90 Å². The van der Waals surface area contributed by atoms with E-state index in [0.29, 0.717) is 32.3 Å². The Kier molecular flexibility index (Phi) is 8.59. The number of nitrogens with zero attached hydrogens (tertiary/aromatic N) is 3. The van der Waals surface area contributed by atoms with Crippen molar-refractivity contribution >= 4 is 69.8 Å². The van der Waals surface area contributed by atoms with Gasteiger partial charge < -0.3 is 15.5 Å². The normalized spacial score (nSPS) is 11.3. The van der Waals surface area contributed by atoms with Crippen LogP contribution in [0.15, 0.2) is 42.5 Å². The van der Waals surface area contributed by atoms with Gasteiger partial charge in [-0.1, -0.05) is 73.2 Å². The summed E-state index contributed by atoms with van der Waals surface area (Å²) in [5.41, 5.74) is 1.48. The number of likely N-dealkylation sites (N-methyl/N-ethyl adjacent to an activating group) is 1. The maximum Gasteiger partial charge on any atom is 0.322 e. The van der Waals surface area contributed by atoms with Crippen LogP contribution in [0.1, 0.15) is 33.4 Å². The quantitative estimate of drug-likeness (QED) is 0.335. The minimum atomic E-state index is -0.486. The van der Waals surface area contributed by atoms with E-state index in [1.54, 1.807) is 54.1 Å². The fourth-order valence-corrected chi connectivity index (χ4v) is 3.77. The van der Waals surface area contributed by atoms with Gasteiger partial charge in [-0.25, -0.2) is 9.48 Å². The standard InChI is InChI=1S/C24H25Cl4N5O2/c1-5-32(23(35)29-18-8-6-7-16(26)22(18)28)13-21(34)30-20-12-19(24(2,3)4)31-33(20)14-9-10-15(25)17(27)11-14/h6-12H,5,13H2,1-4H3,(H,29,35)(H,30,34). The lowest BCUT2D eigenvalue weighted by Crippen LogP contribution is -2.40. The summed E-state index contributed by atoms with van der Waals surface area (Å²) in [5.74, 6) is 0.0357. The maximum atomic E-state index is 13.0. The van der Waals surface area contributed by atoms with E-state index in [4.69, 9.17) is 46.4 Å². The monoisotopic (exact) mass is 555 g/mol. The number of aromatic nitrogens is 2. The van der Waals surface area contributed by atoms with E-state index in [0.717, 1.165) is 5.69 Å². The Bertz CT molecular complexity index is 1250. The highest BCUT2D eigenvalue weighted by Crippen LogP contribution is 2.31. The summed E-state index contributed by atoms with van der Waals surface area (Å²) in [6.07, 6.45) is 0. The zero-order valence-corrected chi connectivity index (χ0v) is 22.6. The van der Waals surface area contributed by atoms with E-state index in [9.17, 15) is 9.59 Å². The summed E-state index contributed by atoms with van der Waals surface area (Å²) in [7, 11) is 0. The lowest BCUT2D eigenvalue weighted by Gasteiger charge is -2.21. The lowest BCUT2D eigenvalue weighted by atomic mass is 9.92. The van der Waals surface area contributed by atoms with Crippen molar-refractivity contribution in [2.45, 2.75) is 33.1 Å². The van der Waals surface area contributed by atoms with E-state index in [2.05, 4.69) is 15.7 Å². The number of amides is 3. The molecule has 2 aromatic carbocycles. The minimum absolute atomic E-state index is 0.197. The van der Waals surface area contributed by atoms with Crippen molar-refractivity contribution in [2.24, 2.45) is 0 Å². The molecule has 0 atom stereocenters. The van der Waals surface area contributed by atoms with Crippen LogP contribution in [0.25, 0.3) is 5.69 Å². The molecular formula is C24H25Cl4N5O2. The van der Waals surface area contributed by atoms with Crippen LogP contribution in [-0.2, 0) is 10.2 Å². The SMILES string of the molecule is CCN(CC(=O)Nc1cc(C(C)(C)C)nn1-c1ccc(Cl)c(Cl)c1)C(=O)Nc1cccc(Cl)c1Cl. The van der Waals surface area contributed by atoms with Gasteiger partial charge in [0.15, 0.2) is 0 Å². The Morgan fingerprint density at radius 3 is 2.31 bits per heavy atom. The molecule has 0 spiro atoms. The van der Waals surface area contributed by atoms with E-state index < -0.39 is 11.9 Å². The molecule has 3 aromatic rings. The van der Waals surface area contributed by atoms with Crippen LogP contribution in [0.4, 0.5) is 16.3 Å². The van der Waals surface area contributed by atoms with Gasteiger partial charge in [0.1, 0.15) is 12.4 Å². The molecule has 0 saturated heterocycles. The van der Waals surface area contributed by atoms with E-state index in [-0.39, 0.29) is 23.5 Å². The second-order valence-corrected chi connectivity index (χ2v) is 10.4. The number of anilines is 2. The number of halogens is 4. The van der Waals surface area contributed by atoms with Gasteiger partial charge in [-0.3, -0.25) is 4.79 Å². The van der Waals surface area contributed by atoms with Crippen LogP contribution in [0, 0.1) is 0 Å². The molecule has 11 heteroatoms. The molecule has 0 radical (unpaired) electrons. The van der Waals surface area contributed by atoms with Crippen LogP contribution in [0.3, 0.4) is 0 Å². The summed E-state index contributed by atoms with van der Waals surface area (Å²) >= 11 is 24.4. The van der Waals surface area contributed by atoms with Gasteiger partial charge in [-0.2, -0.15) is 5.10 Å². The highest BCUT2D eigenvalue weighted by molar-refractivity contribution is 6.44. The molecule has 0 saturated carbocycles. The fraction of sp³-hybridized carbons (Fsp3) is 0.292. The Labute approximate surface area is 224 Å². The number of hydrogen-bond acceptors (Lipinski definition) is 3. The molecule has 3 amide bonds. The molecule has 0 aliphatic carbocycles. The third-order valence-electron chi connectivity index (χ3n) is 5.09. The Balaban J connectivity index is 1.81. The topological polar surface area (TPSA) is 79.3 Å². The van der Waals surface area contributed by atoms with Gasteiger partial charge in [0.25, 0.3) is 0 Å². The van der Waals surface area contributed by atoms with Crippen molar-refractivity contribution in [3.05, 3.63) is 68.2 Å². The Morgan fingerprint density at radius 2 is 1.69 bits per heavy atom. The average Bonchev–Trinajstić information content (AvgIpc) is 3.21. The smallest absolute Gasteiger partial charge is 0.315 e. The first-order chi connectivity index (χ1) is 16.4. The zero-order chi connectivity index (χ0) is 25.9. The summed E-state index contributed by atoms with van der Waals surface area (Å²) in [4.78, 5) is 27.1. The number of urea groups is 1. The van der Waals surface area contributed by atoms with Gasteiger partial charge in [0.05, 0.1) is 37.2 Å². The highest BCUT2D eigenvalue weighted by atomic mass is 35.5. The van der Waals surface area contributed by atoms with E-state index in [1.807, 2.05) is 20.8 Å². The average molecular weight is 557 g/mol. The summed E-state index contributed by atoms with van der Waals surface area (Å²) < 4.78 is 1.59. The number of hydrogen-bond donors (Lipinski definition) is 2. The number of rotatable bonds is 6. The van der Waals surface area contributed by atoms with Crippen molar-refractivity contribution in [3.8, 4) is 5.69 Å². The molecule has 0 unspecified atom stereocenters. The predicted octanol–water partition coefficient (Wildman–Crippen LogP) is 7.28. The van der Waals surface area contributed by atoms with Gasteiger partial charge in [-0.15, -0.1) is 0 Å². The molecule has 7 nitrogen and oxygen atoms in total. The first-order valence-corrected chi connectivity index (χ1v) is 12.3. The number of nitrogens with one attached hydrogen (secondary N) is 2. The van der Waals surface area contributed by atoms with Crippen molar-refractivity contribution in [1.29, 1.82) is 0 Å². The third-order valence-corrected chi connectivity index (χ3v) is 6.65. The molecule has 0 aliphatic rings. The molecular weight excluding hydrogens is 532 g/mol. The zero-order valence-electron chi connectivity index (χ0n) is 19.6. The number of benzene rings is 2. The van der Waals surface area contributed by atoms with Gasteiger partial charge in [0, 0.05) is 18.0 Å². The molecule has 186 valence electrons. The molecule has 2 N–H and O–H groups in total. The first-order valence-electron chi connectivity index (χ1n) is 10.8. The molecule has 1 aromatic heterocycles. The molecule has 0 bridgehead atoms. The van der Waals surface area contributed by atoms with Crippen LogP contribution < -0.4 is 10.6 Å². The van der Waals surface area contributed by atoms with Crippen molar-refractivity contribution < 1.29 is 9.59 Å². The summed E-state index contributed by atoms with van der Waals surface area (Å²) in [6.45, 7) is 7.91. The third kappa shape index (κ3) is 6.61. The highest BCUT2D eigenvalue weighted by Gasteiger charge is 2.23. The minimum Gasteiger partial charge on any atom is -0.315 e. The summed E-state index contributed by atoms with van der Waals surface area (Å²) in [5, 5.41) is 11.5. The number of carbonyl (C=O) groups excluding carboxylic acids is 2. The first kappa shape index (κ1) is 27.1. The van der Waals surface area contributed by atoms with Crippen LogP contribution in [-0.4, -0.2) is 39.7 Å².